The predicted octanol–water partition coefficient (Wildman–Crippen LogP) is 3.77. The lowest BCUT2D eigenvalue weighted by Crippen LogP contribution is -2.05. The molecule has 0 fully saturated rings. The first kappa shape index (κ1) is 14.0. The Morgan fingerprint density at radius 3 is 2.86 bits per heavy atom. The molecule has 0 radical (unpaired) electrons. The number of nitrogens with one attached hydrogen (secondary N) is 1. The van der Waals surface area contributed by atoms with E-state index in [1.807, 2.05) is 37.4 Å². The van der Waals surface area contributed by atoms with Crippen LogP contribution in [0.4, 0.5) is 5.69 Å². The standard InChI is InChI=1S/C14H14ClN5S/c1-9(11-7-13(15)21-8-11)16-12-5-3-4-10(6-12)14-17-18-19-20(14)2/h3-9,16H,1-2H3. The lowest BCUT2D eigenvalue weighted by Gasteiger charge is -2.14. The van der Waals surface area contributed by atoms with Crippen molar-refractivity contribution < 1.29 is 0 Å². The van der Waals surface area contributed by atoms with Gasteiger partial charge in [-0.3, -0.25) is 0 Å². The van der Waals surface area contributed by atoms with Crippen molar-refractivity contribution in [1.29, 1.82) is 0 Å². The molecule has 0 bridgehead atoms. The minimum Gasteiger partial charge on any atom is -0.378 e. The predicted molar refractivity (Wildman–Crippen MR) is 85.6 cm³/mol. The third-order valence-corrected chi connectivity index (χ3v) is 4.32. The van der Waals surface area contributed by atoms with Crippen LogP contribution in [0.2, 0.25) is 4.34 Å². The van der Waals surface area contributed by atoms with Crippen molar-refractivity contribution in [1.82, 2.24) is 20.2 Å². The van der Waals surface area contributed by atoms with Crippen molar-refractivity contribution in [3.63, 3.8) is 0 Å². The average molecular weight is 320 g/mol. The van der Waals surface area contributed by atoms with Gasteiger partial charge in [0.05, 0.1) is 4.34 Å². The van der Waals surface area contributed by atoms with Crippen LogP contribution in [0.25, 0.3) is 11.4 Å². The summed E-state index contributed by atoms with van der Waals surface area (Å²) in [5.74, 6) is 0.741. The summed E-state index contributed by atoms with van der Waals surface area (Å²) < 4.78 is 2.46. The molecule has 0 saturated heterocycles. The normalized spacial score (nSPS) is 12.3. The Hall–Kier alpha value is -1.92. The highest BCUT2D eigenvalue weighted by atomic mass is 35.5. The van der Waals surface area contributed by atoms with Crippen molar-refractivity contribution in [3.05, 3.63) is 45.6 Å². The Kier molecular flexibility index (Phi) is 3.90. The van der Waals surface area contributed by atoms with Crippen LogP contribution in [0.15, 0.2) is 35.7 Å². The van der Waals surface area contributed by atoms with Crippen LogP contribution in [-0.2, 0) is 7.05 Å². The number of anilines is 1. The molecule has 1 aromatic carbocycles. The average Bonchev–Trinajstić information content (AvgIpc) is 3.08. The van der Waals surface area contributed by atoms with Gasteiger partial charge < -0.3 is 5.32 Å². The summed E-state index contributed by atoms with van der Waals surface area (Å²) in [7, 11) is 1.82. The van der Waals surface area contributed by atoms with E-state index in [1.165, 1.54) is 5.56 Å². The second-order valence-electron chi connectivity index (χ2n) is 4.76. The molecule has 5 nitrogen and oxygen atoms in total. The highest BCUT2D eigenvalue weighted by Gasteiger charge is 2.10. The molecule has 21 heavy (non-hydrogen) atoms. The van der Waals surface area contributed by atoms with Gasteiger partial charge in [-0.1, -0.05) is 23.7 Å². The summed E-state index contributed by atoms with van der Waals surface area (Å²) >= 11 is 7.53. The van der Waals surface area contributed by atoms with Crippen molar-refractivity contribution >= 4 is 28.6 Å². The van der Waals surface area contributed by atoms with Crippen LogP contribution in [0, 0.1) is 0 Å². The molecule has 1 N–H and O–H groups in total. The molecule has 1 unspecified atom stereocenters. The quantitative estimate of drug-likeness (QED) is 0.795. The molecule has 1 atom stereocenters. The molecule has 0 amide bonds. The number of rotatable bonds is 4. The zero-order chi connectivity index (χ0) is 14.8. The van der Waals surface area contributed by atoms with Crippen LogP contribution in [-0.4, -0.2) is 20.2 Å². The number of hydrogen-bond acceptors (Lipinski definition) is 5. The van der Waals surface area contributed by atoms with E-state index in [0.717, 1.165) is 21.4 Å². The van der Waals surface area contributed by atoms with Crippen LogP contribution in [0.5, 0.6) is 0 Å². The first-order chi connectivity index (χ1) is 10.1. The van der Waals surface area contributed by atoms with Crippen LogP contribution in [0.1, 0.15) is 18.5 Å². The highest BCUT2D eigenvalue weighted by Crippen LogP contribution is 2.28. The highest BCUT2D eigenvalue weighted by molar-refractivity contribution is 7.14. The van der Waals surface area contributed by atoms with Gasteiger partial charge in [0.2, 0.25) is 0 Å². The topological polar surface area (TPSA) is 55.6 Å². The van der Waals surface area contributed by atoms with Gasteiger partial charge in [0.1, 0.15) is 0 Å². The molecular formula is C14H14ClN5S. The zero-order valence-electron chi connectivity index (χ0n) is 11.6. The van der Waals surface area contributed by atoms with E-state index in [0.29, 0.717) is 0 Å². The molecule has 0 aliphatic rings. The molecule has 7 heteroatoms. The van der Waals surface area contributed by atoms with Crippen molar-refractivity contribution in [2.24, 2.45) is 7.05 Å². The fourth-order valence-electron chi connectivity index (χ4n) is 2.11. The molecule has 3 aromatic rings. The zero-order valence-corrected chi connectivity index (χ0v) is 13.2. The van der Waals surface area contributed by atoms with Crippen molar-refractivity contribution in [2.45, 2.75) is 13.0 Å². The molecule has 3 rings (SSSR count). The molecule has 0 aliphatic carbocycles. The third kappa shape index (κ3) is 3.06. The Morgan fingerprint density at radius 1 is 1.33 bits per heavy atom. The van der Waals surface area contributed by atoms with E-state index < -0.39 is 0 Å². The summed E-state index contributed by atoms with van der Waals surface area (Å²) in [5.41, 5.74) is 3.17. The van der Waals surface area contributed by atoms with Crippen molar-refractivity contribution in [2.75, 3.05) is 5.32 Å². The molecule has 0 spiro atoms. The Morgan fingerprint density at radius 2 is 2.19 bits per heavy atom. The second kappa shape index (κ2) is 5.83. The first-order valence-corrected chi connectivity index (χ1v) is 7.72. The number of hydrogen-bond donors (Lipinski definition) is 1. The van der Waals surface area contributed by atoms with E-state index >= 15 is 0 Å². The largest absolute Gasteiger partial charge is 0.378 e. The Bertz CT molecular complexity index is 751. The molecule has 0 saturated carbocycles. The van der Waals surface area contributed by atoms with Gasteiger partial charge >= 0.3 is 0 Å². The number of tetrazole rings is 1. The molecule has 2 heterocycles. The fourth-order valence-corrected chi connectivity index (χ4v) is 3.09. The van der Waals surface area contributed by atoms with Gasteiger partial charge in [0, 0.05) is 24.3 Å². The summed E-state index contributed by atoms with van der Waals surface area (Å²) in [5, 5.41) is 17.1. The molecule has 2 aromatic heterocycles. The van der Waals surface area contributed by atoms with Gasteiger partial charge in [-0.05, 0) is 46.5 Å². The first-order valence-electron chi connectivity index (χ1n) is 6.47. The van der Waals surface area contributed by atoms with Gasteiger partial charge in [-0.2, -0.15) is 0 Å². The van der Waals surface area contributed by atoms with Crippen LogP contribution in [0.3, 0.4) is 0 Å². The van der Waals surface area contributed by atoms with E-state index in [-0.39, 0.29) is 6.04 Å². The van der Waals surface area contributed by atoms with Crippen molar-refractivity contribution in [3.8, 4) is 11.4 Å². The van der Waals surface area contributed by atoms with Crippen LogP contribution >= 0.6 is 22.9 Å². The Labute approximate surface area is 131 Å². The number of aromatic nitrogens is 4. The molecular weight excluding hydrogens is 306 g/mol. The minimum atomic E-state index is 0.182. The minimum absolute atomic E-state index is 0.182. The maximum atomic E-state index is 5.98. The van der Waals surface area contributed by atoms with E-state index in [2.05, 4.69) is 33.1 Å². The van der Waals surface area contributed by atoms with Gasteiger partial charge in [-0.15, -0.1) is 16.4 Å². The van der Waals surface area contributed by atoms with E-state index in [4.69, 9.17) is 11.6 Å². The Balaban J connectivity index is 1.82. The number of benzene rings is 1. The third-order valence-electron chi connectivity index (χ3n) is 3.21. The van der Waals surface area contributed by atoms with E-state index in [1.54, 1.807) is 16.0 Å². The number of aryl methyl sites for hydroxylation is 1. The number of thiophene rings is 1. The second-order valence-corrected chi connectivity index (χ2v) is 6.30. The van der Waals surface area contributed by atoms with Gasteiger partial charge in [0.25, 0.3) is 0 Å². The maximum Gasteiger partial charge on any atom is 0.181 e. The fraction of sp³-hybridized carbons (Fsp3) is 0.214. The summed E-state index contributed by atoms with van der Waals surface area (Å²) in [6.07, 6.45) is 0. The van der Waals surface area contributed by atoms with Gasteiger partial charge in [-0.25, -0.2) is 4.68 Å². The maximum absolute atomic E-state index is 5.98. The van der Waals surface area contributed by atoms with Crippen LogP contribution < -0.4 is 5.32 Å². The summed E-state index contributed by atoms with van der Waals surface area (Å²) in [6.45, 7) is 2.11. The summed E-state index contributed by atoms with van der Waals surface area (Å²) in [6, 6.07) is 10.2. The monoisotopic (exact) mass is 319 g/mol. The summed E-state index contributed by atoms with van der Waals surface area (Å²) in [4.78, 5) is 0. The smallest absolute Gasteiger partial charge is 0.181 e. The lowest BCUT2D eigenvalue weighted by atomic mass is 10.1. The lowest BCUT2D eigenvalue weighted by molar-refractivity contribution is 0.714. The number of halogens is 1. The number of nitrogens with zero attached hydrogens (tertiary/aromatic N) is 4. The van der Waals surface area contributed by atoms with Gasteiger partial charge in [0.15, 0.2) is 5.82 Å². The molecule has 0 aliphatic heterocycles. The SMILES string of the molecule is CC(Nc1cccc(-c2nnnn2C)c1)c1csc(Cl)c1. The van der Waals surface area contributed by atoms with E-state index in [9.17, 15) is 0 Å². The molecule has 108 valence electrons.